The van der Waals surface area contributed by atoms with Crippen LogP contribution in [0.4, 0.5) is 0 Å². The highest BCUT2D eigenvalue weighted by Gasteiger charge is 2.21. The Hall–Kier alpha value is -1.71. The van der Waals surface area contributed by atoms with Crippen LogP contribution >= 0.6 is 35.0 Å². The summed E-state index contributed by atoms with van der Waals surface area (Å²) in [6, 6.07) is 8.77. The molecule has 1 aromatic carbocycles. The zero-order valence-corrected chi connectivity index (χ0v) is 18.7. The zero-order chi connectivity index (χ0) is 21.5. The van der Waals surface area contributed by atoms with E-state index in [1.54, 1.807) is 12.1 Å². The van der Waals surface area contributed by atoms with Crippen molar-refractivity contribution in [2.45, 2.75) is 17.7 Å². The summed E-state index contributed by atoms with van der Waals surface area (Å²) >= 11 is 13.3. The third-order valence-electron chi connectivity index (χ3n) is 4.45. The summed E-state index contributed by atoms with van der Waals surface area (Å²) < 4.78 is 15.7. The lowest BCUT2D eigenvalue weighted by Gasteiger charge is -2.33. The smallest absolute Gasteiger partial charge is 0.373 e. The van der Waals surface area contributed by atoms with Crippen molar-refractivity contribution in [2.24, 2.45) is 0 Å². The van der Waals surface area contributed by atoms with Crippen molar-refractivity contribution in [3.63, 3.8) is 0 Å². The summed E-state index contributed by atoms with van der Waals surface area (Å²) in [4.78, 5) is 25.8. The number of hydrogen-bond acceptors (Lipinski definition) is 7. The number of rotatable bonds is 8. The maximum Gasteiger partial charge on any atom is 0.373 e. The molecule has 1 N–H and O–H groups in total. The highest BCUT2D eigenvalue weighted by molar-refractivity contribution is 7.99. The first-order valence-corrected chi connectivity index (χ1v) is 11.0. The van der Waals surface area contributed by atoms with Gasteiger partial charge in [-0.3, -0.25) is 9.69 Å². The third kappa shape index (κ3) is 6.65. The number of morpholine rings is 1. The minimum Gasteiger partial charge on any atom is -0.463 e. The van der Waals surface area contributed by atoms with E-state index in [2.05, 4.69) is 15.0 Å². The van der Waals surface area contributed by atoms with Crippen molar-refractivity contribution < 1.29 is 23.5 Å². The molecule has 0 spiro atoms. The SMILES string of the molecule is COC(=O)c1ccc(SCC(=O)NCC2CN(Cc3ccc(Cl)c(Cl)c3)CCO2)o1. The first kappa shape index (κ1) is 23.0. The van der Waals surface area contributed by atoms with Crippen molar-refractivity contribution in [3.05, 3.63) is 51.7 Å². The van der Waals surface area contributed by atoms with E-state index in [0.29, 0.717) is 34.8 Å². The van der Waals surface area contributed by atoms with E-state index in [-0.39, 0.29) is 23.5 Å². The fraction of sp³-hybridized carbons (Fsp3) is 0.400. The molecule has 1 aromatic heterocycles. The molecule has 3 rings (SSSR count). The molecule has 1 aliphatic rings. The monoisotopic (exact) mass is 472 g/mol. The topological polar surface area (TPSA) is 81.0 Å². The standard InChI is InChI=1S/C20H22Cl2N2O5S/c1-27-20(26)17-4-5-19(29-17)30-12-18(25)23-9-14-11-24(6-7-28-14)10-13-2-3-15(21)16(22)8-13/h2-5,8,14H,6-7,9-12H2,1H3,(H,23,25). The Balaban J connectivity index is 1.40. The summed E-state index contributed by atoms with van der Waals surface area (Å²) in [6.07, 6.45) is -0.0926. The molecule has 162 valence electrons. The van der Waals surface area contributed by atoms with E-state index in [0.717, 1.165) is 18.7 Å². The van der Waals surface area contributed by atoms with Crippen molar-refractivity contribution in [2.75, 3.05) is 39.1 Å². The van der Waals surface area contributed by atoms with Crippen LogP contribution in [-0.4, -0.2) is 62.0 Å². The van der Waals surface area contributed by atoms with Gasteiger partial charge in [0.15, 0.2) is 5.09 Å². The van der Waals surface area contributed by atoms with E-state index < -0.39 is 5.97 Å². The minimum atomic E-state index is -0.550. The largest absolute Gasteiger partial charge is 0.463 e. The number of nitrogens with one attached hydrogen (secondary N) is 1. The van der Waals surface area contributed by atoms with E-state index >= 15 is 0 Å². The van der Waals surface area contributed by atoms with E-state index in [4.69, 9.17) is 32.4 Å². The van der Waals surface area contributed by atoms with Crippen molar-refractivity contribution in [1.29, 1.82) is 0 Å². The number of hydrogen-bond donors (Lipinski definition) is 1. The van der Waals surface area contributed by atoms with Gasteiger partial charge < -0.3 is 19.2 Å². The van der Waals surface area contributed by atoms with Crippen LogP contribution in [0.25, 0.3) is 0 Å². The predicted octanol–water partition coefficient (Wildman–Crippen LogP) is 3.48. The highest BCUT2D eigenvalue weighted by atomic mass is 35.5. The number of carbonyl (C=O) groups excluding carboxylic acids is 2. The molecule has 30 heavy (non-hydrogen) atoms. The van der Waals surface area contributed by atoms with Crippen LogP contribution in [0.15, 0.2) is 39.8 Å². The first-order chi connectivity index (χ1) is 14.4. The molecular weight excluding hydrogens is 451 g/mol. The highest BCUT2D eigenvalue weighted by Crippen LogP contribution is 2.24. The van der Waals surface area contributed by atoms with Gasteiger partial charge in [-0.1, -0.05) is 41.0 Å². The fourth-order valence-electron chi connectivity index (χ4n) is 2.97. The van der Waals surface area contributed by atoms with Crippen molar-refractivity contribution in [1.82, 2.24) is 10.2 Å². The molecule has 1 amide bonds. The van der Waals surface area contributed by atoms with Crippen LogP contribution in [0.2, 0.25) is 10.0 Å². The third-order valence-corrected chi connectivity index (χ3v) is 6.10. The van der Waals surface area contributed by atoms with Gasteiger partial charge in [0.1, 0.15) is 0 Å². The normalized spacial score (nSPS) is 17.0. The summed E-state index contributed by atoms with van der Waals surface area (Å²) in [6.45, 7) is 3.26. The Bertz CT molecular complexity index is 892. The number of methoxy groups -OCH3 is 1. The minimum absolute atomic E-state index is 0.0926. The quantitative estimate of drug-likeness (QED) is 0.465. The number of thioether (sulfide) groups is 1. The van der Waals surface area contributed by atoms with E-state index in [9.17, 15) is 9.59 Å². The molecule has 2 heterocycles. The van der Waals surface area contributed by atoms with Crippen LogP contribution in [0.3, 0.4) is 0 Å². The van der Waals surface area contributed by atoms with Gasteiger partial charge >= 0.3 is 5.97 Å². The zero-order valence-electron chi connectivity index (χ0n) is 16.4. The molecule has 0 saturated carbocycles. The van der Waals surface area contributed by atoms with Crippen LogP contribution in [-0.2, 0) is 20.8 Å². The van der Waals surface area contributed by atoms with Gasteiger partial charge in [0.2, 0.25) is 11.7 Å². The van der Waals surface area contributed by atoms with E-state index in [1.807, 2.05) is 12.1 Å². The number of ether oxygens (including phenoxy) is 2. The molecular formula is C20H22Cl2N2O5S. The Morgan fingerprint density at radius 3 is 2.87 bits per heavy atom. The van der Waals surface area contributed by atoms with Gasteiger partial charge in [-0.05, 0) is 29.8 Å². The first-order valence-electron chi connectivity index (χ1n) is 9.30. The molecule has 1 saturated heterocycles. The van der Waals surface area contributed by atoms with Crippen LogP contribution in [0.1, 0.15) is 16.1 Å². The van der Waals surface area contributed by atoms with Crippen molar-refractivity contribution >= 4 is 46.8 Å². The maximum absolute atomic E-state index is 12.1. The fourth-order valence-corrected chi connectivity index (χ4v) is 3.98. The summed E-state index contributed by atoms with van der Waals surface area (Å²) in [5.41, 5.74) is 1.08. The summed E-state index contributed by atoms with van der Waals surface area (Å²) in [5, 5.41) is 4.44. The second kappa shape index (κ2) is 11.1. The molecule has 7 nitrogen and oxygen atoms in total. The lowest BCUT2D eigenvalue weighted by molar-refractivity contribution is -0.119. The number of esters is 1. The Kier molecular flexibility index (Phi) is 8.47. The number of nitrogens with zero attached hydrogens (tertiary/aromatic N) is 1. The number of carbonyl (C=O) groups is 2. The Morgan fingerprint density at radius 2 is 2.10 bits per heavy atom. The van der Waals surface area contributed by atoms with Gasteiger partial charge in [0.25, 0.3) is 0 Å². The Morgan fingerprint density at radius 1 is 1.27 bits per heavy atom. The van der Waals surface area contributed by atoms with Gasteiger partial charge in [0, 0.05) is 26.2 Å². The molecule has 1 unspecified atom stereocenters. The van der Waals surface area contributed by atoms with Crippen molar-refractivity contribution in [3.8, 4) is 0 Å². The molecule has 0 radical (unpaired) electrons. The second-order valence-electron chi connectivity index (χ2n) is 6.68. The summed E-state index contributed by atoms with van der Waals surface area (Å²) in [5.74, 6) is -0.404. The summed E-state index contributed by atoms with van der Waals surface area (Å²) in [7, 11) is 1.28. The van der Waals surface area contributed by atoms with Crippen LogP contribution in [0.5, 0.6) is 0 Å². The number of halogens is 2. The second-order valence-corrected chi connectivity index (χ2v) is 8.47. The lowest BCUT2D eigenvalue weighted by atomic mass is 10.2. The molecule has 1 atom stereocenters. The number of furan rings is 1. The van der Waals surface area contributed by atoms with Gasteiger partial charge in [0.05, 0.1) is 35.6 Å². The lowest BCUT2D eigenvalue weighted by Crippen LogP contribution is -2.47. The van der Waals surface area contributed by atoms with E-state index in [1.165, 1.54) is 24.9 Å². The molecule has 2 aromatic rings. The van der Waals surface area contributed by atoms with Crippen LogP contribution in [0, 0.1) is 0 Å². The average Bonchev–Trinajstić information content (AvgIpc) is 3.22. The Labute approximate surface area is 189 Å². The van der Waals surface area contributed by atoms with Crippen LogP contribution < -0.4 is 5.32 Å². The molecule has 0 aliphatic carbocycles. The number of benzene rings is 1. The van der Waals surface area contributed by atoms with Gasteiger partial charge in [-0.2, -0.15) is 0 Å². The van der Waals surface area contributed by atoms with Gasteiger partial charge in [-0.25, -0.2) is 4.79 Å². The predicted molar refractivity (Wildman–Crippen MR) is 115 cm³/mol. The molecule has 1 fully saturated rings. The average molecular weight is 473 g/mol. The number of amides is 1. The molecule has 1 aliphatic heterocycles. The van der Waals surface area contributed by atoms with Gasteiger partial charge in [-0.15, -0.1) is 0 Å². The molecule has 10 heteroatoms. The maximum atomic E-state index is 12.1. The molecule has 0 bridgehead atoms.